The van der Waals surface area contributed by atoms with Gasteiger partial charge in [0.2, 0.25) is 0 Å². The van der Waals surface area contributed by atoms with Gasteiger partial charge in [0.1, 0.15) is 5.82 Å². The van der Waals surface area contributed by atoms with E-state index in [2.05, 4.69) is 15.9 Å². The molecule has 1 aromatic carbocycles. The Bertz CT molecular complexity index is 239. The number of nitrogens with two attached hydrogens (primary N) is 1. The molecule has 1 rings (SSSR count). The van der Waals surface area contributed by atoms with Gasteiger partial charge in [0.15, 0.2) is 0 Å². The Balaban J connectivity index is 2.93. The second kappa shape index (κ2) is 3.83. The molecule has 0 amide bonds. The zero-order chi connectivity index (χ0) is 8.27. The second-order valence-corrected chi connectivity index (χ2v) is 2.93. The number of alkyl halides is 1. The first-order valence-electron chi connectivity index (χ1n) is 3.31. The SMILES string of the molecule is NC(CBr)c1ccccc1F. The maximum Gasteiger partial charge on any atom is 0.128 e. The minimum atomic E-state index is -0.254. The Hall–Kier alpha value is -0.410. The van der Waals surface area contributed by atoms with Crippen molar-refractivity contribution in [2.24, 2.45) is 5.73 Å². The van der Waals surface area contributed by atoms with Crippen molar-refractivity contribution in [1.82, 2.24) is 0 Å². The van der Waals surface area contributed by atoms with Crippen LogP contribution in [0.3, 0.4) is 0 Å². The summed E-state index contributed by atoms with van der Waals surface area (Å²) in [6.45, 7) is 0. The minimum Gasteiger partial charge on any atom is -0.323 e. The highest BCUT2D eigenvalue weighted by Gasteiger charge is 2.07. The summed E-state index contributed by atoms with van der Waals surface area (Å²) in [5.41, 5.74) is 6.17. The van der Waals surface area contributed by atoms with Crippen molar-refractivity contribution in [3.8, 4) is 0 Å². The second-order valence-electron chi connectivity index (χ2n) is 2.28. The molecule has 60 valence electrons. The third-order valence-corrected chi connectivity index (χ3v) is 2.17. The fraction of sp³-hybridized carbons (Fsp3) is 0.250. The van der Waals surface area contributed by atoms with Gasteiger partial charge in [-0.1, -0.05) is 34.1 Å². The lowest BCUT2D eigenvalue weighted by Gasteiger charge is -2.07. The van der Waals surface area contributed by atoms with E-state index in [9.17, 15) is 4.39 Å². The van der Waals surface area contributed by atoms with Gasteiger partial charge in [-0.25, -0.2) is 4.39 Å². The van der Waals surface area contributed by atoms with Crippen LogP contribution in [0.15, 0.2) is 24.3 Å². The molecule has 0 fully saturated rings. The highest BCUT2D eigenvalue weighted by Crippen LogP contribution is 2.15. The van der Waals surface area contributed by atoms with E-state index in [4.69, 9.17) is 5.73 Å². The Labute approximate surface area is 73.5 Å². The van der Waals surface area contributed by atoms with Crippen LogP contribution in [0.5, 0.6) is 0 Å². The quantitative estimate of drug-likeness (QED) is 0.756. The van der Waals surface area contributed by atoms with Crippen LogP contribution in [-0.4, -0.2) is 5.33 Å². The molecule has 0 heterocycles. The first-order valence-corrected chi connectivity index (χ1v) is 4.44. The predicted octanol–water partition coefficient (Wildman–Crippen LogP) is 2.22. The molecular formula is C8H9BrFN. The standard InChI is InChI=1S/C8H9BrFN/c9-5-8(11)6-3-1-2-4-7(6)10/h1-4,8H,5,11H2. The van der Waals surface area contributed by atoms with E-state index in [1.165, 1.54) is 6.07 Å². The van der Waals surface area contributed by atoms with Crippen LogP contribution in [0, 0.1) is 5.82 Å². The summed E-state index contributed by atoms with van der Waals surface area (Å²) in [5, 5.41) is 0.577. The number of benzene rings is 1. The van der Waals surface area contributed by atoms with Gasteiger partial charge in [-0.2, -0.15) is 0 Å². The Kier molecular flexibility index (Phi) is 3.02. The molecule has 0 radical (unpaired) electrons. The molecule has 1 aromatic rings. The molecule has 0 aliphatic rings. The van der Waals surface area contributed by atoms with Crippen LogP contribution < -0.4 is 5.73 Å². The van der Waals surface area contributed by atoms with Gasteiger partial charge in [0.05, 0.1) is 0 Å². The van der Waals surface area contributed by atoms with Crippen molar-refractivity contribution in [1.29, 1.82) is 0 Å². The maximum absolute atomic E-state index is 12.9. The van der Waals surface area contributed by atoms with E-state index in [1.54, 1.807) is 18.2 Å². The molecule has 0 saturated heterocycles. The summed E-state index contributed by atoms with van der Waals surface area (Å²) < 4.78 is 12.9. The average Bonchev–Trinajstić information content (AvgIpc) is 2.04. The molecule has 0 aliphatic carbocycles. The summed E-state index contributed by atoms with van der Waals surface area (Å²) in [6, 6.07) is 6.29. The van der Waals surface area contributed by atoms with E-state index < -0.39 is 0 Å². The highest BCUT2D eigenvalue weighted by molar-refractivity contribution is 9.09. The van der Waals surface area contributed by atoms with Crippen LogP contribution in [0.2, 0.25) is 0 Å². The zero-order valence-electron chi connectivity index (χ0n) is 5.93. The summed E-state index contributed by atoms with van der Waals surface area (Å²) in [5.74, 6) is -0.237. The lowest BCUT2D eigenvalue weighted by Crippen LogP contribution is -2.12. The smallest absolute Gasteiger partial charge is 0.128 e. The van der Waals surface area contributed by atoms with Crippen molar-refractivity contribution >= 4 is 15.9 Å². The average molecular weight is 218 g/mol. The molecule has 1 unspecified atom stereocenters. The molecule has 1 nitrogen and oxygen atoms in total. The molecule has 0 spiro atoms. The van der Waals surface area contributed by atoms with E-state index in [1.807, 2.05) is 0 Å². The van der Waals surface area contributed by atoms with E-state index in [-0.39, 0.29) is 11.9 Å². The van der Waals surface area contributed by atoms with Crippen LogP contribution >= 0.6 is 15.9 Å². The van der Waals surface area contributed by atoms with Crippen molar-refractivity contribution < 1.29 is 4.39 Å². The van der Waals surface area contributed by atoms with E-state index in [0.29, 0.717) is 10.9 Å². The zero-order valence-corrected chi connectivity index (χ0v) is 7.51. The van der Waals surface area contributed by atoms with E-state index in [0.717, 1.165) is 0 Å². The third kappa shape index (κ3) is 2.01. The molecule has 0 bridgehead atoms. The van der Waals surface area contributed by atoms with Crippen molar-refractivity contribution in [3.63, 3.8) is 0 Å². The van der Waals surface area contributed by atoms with Crippen LogP contribution in [0.4, 0.5) is 4.39 Å². The largest absolute Gasteiger partial charge is 0.323 e. The van der Waals surface area contributed by atoms with Gasteiger partial charge < -0.3 is 5.73 Å². The lowest BCUT2D eigenvalue weighted by molar-refractivity contribution is 0.596. The molecule has 2 N–H and O–H groups in total. The Morgan fingerprint density at radius 1 is 1.45 bits per heavy atom. The van der Waals surface area contributed by atoms with Gasteiger partial charge in [-0.3, -0.25) is 0 Å². The minimum absolute atomic E-state index is 0.237. The lowest BCUT2D eigenvalue weighted by atomic mass is 10.1. The van der Waals surface area contributed by atoms with Crippen molar-refractivity contribution in [2.75, 3.05) is 5.33 Å². The molecular weight excluding hydrogens is 209 g/mol. The van der Waals surface area contributed by atoms with Gasteiger partial charge in [0.25, 0.3) is 0 Å². The van der Waals surface area contributed by atoms with Gasteiger partial charge >= 0.3 is 0 Å². The van der Waals surface area contributed by atoms with Gasteiger partial charge in [0, 0.05) is 16.9 Å². The van der Waals surface area contributed by atoms with Crippen molar-refractivity contribution in [3.05, 3.63) is 35.6 Å². The number of halogens is 2. The van der Waals surface area contributed by atoms with Gasteiger partial charge in [-0.15, -0.1) is 0 Å². The molecule has 0 aromatic heterocycles. The first kappa shape index (κ1) is 8.68. The molecule has 11 heavy (non-hydrogen) atoms. The summed E-state index contributed by atoms with van der Waals surface area (Å²) in [6.07, 6.45) is 0. The fourth-order valence-electron chi connectivity index (χ4n) is 0.859. The highest BCUT2D eigenvalue weighted by atomic mass is 79.9. The Morgan fingerprint density at radius 2 is 2.09 bits per heavy atom. The maximum atomic E-state index is 12.9. The predicted molar refractivity (Wildman–Crippen MR) is 47.1 cm³/mol. The fourth-order valence-corrected chi connectivity index (χ4v) is 1.21. The Morgan fingerprint density at radius 3 is 2.64 bits per heavy atom. The van der Waals surface area contributed by atoms with Crippen molar-refractivity contribution in [2.45, 2.75) is 6.04 Å². The topological polar surface area (TPSA) is 26.0 Å². The molecule has 0 aliphatic heterocycles. The third-order valence-electron chi connectivity index (χ3n) is 1.47. The monoisotopic (exact) mass is 217 g/mol. The molecule has 0 saturated carbocycles. The molecule has 1 atom stereocenters. The number of hydrogen-bond acceptors (Lipinski definition) is 1. The summed E-state index contributed by atoms with van der Waals surface area (Å²) >= 11 is 3.19. The summed E-state index contributed by atoms with van der Waals surface area (Å²) in [4.78, 5) is 0. The van der Waals surface area contributed by atoms with E-state index >= 15 is 0 Å². The van der Waals surface area contributed by atoms with Crippen LogP contribution in [0.1, 0.15) is 11.6 Å². The molecule has 3 heteroatoms. The first-order chi connectivity index (χ1) is 5.25. The number of rotatable bonds is 2. The van der Waals surface area contributed by atoms with Crippen LogP contribution in [-0.2, 0) is 0 Å². The van der Waals surface area contributed by atoms with Gasteiger partial charge in [-0.05, 0) is 6.07 Å². The summed E-state index contributed by atoms with van der Waals surface area (Å²) in [7, 11) is 0. The normalized spacial score (nSPS) is 13.0. The van der Waals surface area contributed by atoms with Crippen LogP contribution in [0.25, 0.3) is 0 Å². The number of hydrogen-bond donors (Lipinski definition) is 1.